The van der Waals surface area contributed by atoms with Crippen LogP contribution in [0.25, 0.3) is 0 Å². The Bertz CT molecular complexity index is 615. The Morgan fingerprint density at radius 1 is 1.43 bits per heavy atom. The fourth-order valence-electron chi connectivity index (χ4n) is 2.98. The number of nitrogens with zero attached hydrogens (tertiary/aromatic N) is 1. The number of ether oxygens (including phenoxy) is 2. The van der Waals surface area contributed by atoms with Crippen LogP contribution in [-0.4, -0.2) is 55.2 Å². The maximum Gasteiger partial charge on any atom is 0.255 e. The van der Waals surface area contributed by atoms with Crippen LogP contribution in [-0.2, 0) is 4.74 Å². The van der Waals surface area contributed by atoms with Crippen molar-refractivity contribution in [3.05, 3.63) is 29.3 Å². The van der Waals surface area contributed by atoms with Gasteiger partial charge in [-0.05, 0) is 38.5 Å². The van der Waals surface area contributed by atoms with Gasteiger partial charge in [-0.3, -0.25) is 9.59 Å². The maximum atomic E-state index is 12.7. The summed E-state index contributed by atoms with van der Waals surface area (Å²) in [6.45, 7) is 6.17. The van der Waals surface area contributed by atoms with Crippen molar-refractivity contribution >= 4 is 11.8 Å². The molecule has 1 saturated heterocycles. The highest BCUT2D eigenvalue weighted by Crippen LogP contribution is 2.24. The van der Waals surface area contributed by atoms with E-state index in [-0.39, 0.29) is 24.0 Å². The smallest absolute Gasteiger partial charge is 0.255 e. The Balaban J connectivity index is 1.75. The molecule has 23 heavy (non-hydrogen) atoms. The van der Waals surface area contributed by atoms with Gasteiger partial charge >= 0.3 is 0 Å². The average Bonchev–Trinajstić information content (AvgIpc) is 2.90. The van der Waals surface area contributed by atoms with E-state index in [1.165, 1.54) is 0 Å². The summed E-state index contributed by atoms with van der Waals surface area (Å²) in [5.74, 6) is 0.258. The molecule has 2 aliphatic rings. The van der Waals surface area contributed by atoms with Crippen LogP contribution in [0.4, 0.5) is 0 Å². The minimum absolute atomic E-state index is 0.0697. The van der Waals surface area contributed by atoms with Crippen molar-refractivity contribution in [3.8, 4) is 5.75 Å². The molecule has 6 heteroatoms. The van der Waals surface area contributed by atoms with Gasteiger partial charge in [0.05, 0.1) is 24.3 Å². The number of hydrogen-bond donors (Lipinski definition) is 1. The molecule has 0 aliphatic carbocycles. The number of hydrogen-bond acceptors (Lipinski definition) is 4. The minimum atomic E-state index is -0.199. The van der Waals surface area contributed by atoms with Crippen LogP contribution in [0.1, 0.15) is 41.0 Å². The van der Waals surface area contributed by atoms with Gasteiger partial charge in [0.1, 0.15) is 12.4 Å². The van der Waals surface area contributed by atoms with Gasteiger partial charge in [0.25, 0.3) is 11.8 Å². The first kappa shape index (κ1) is 15.8. The molecular weight excluding hydrogens is 296 g/mol. The van der Waals surface area contributed by atoms with Crippen LogP contribution in [0.15, 0.2) is 18.2 Å². The van der Waals surface area contributed by atoms with E-state index in [0.717, 1.165) is 6.42 Å². The molecule has 0 saturated carbocycles. The summed E-state index contributed by atoms with van der Waals surface area (Å²) in [6.07, 6.45) is 1.09. The predicted molar refractivity (Wildman–Crippen MR) is 84.8 cm³/mol. The van der Waals surface area contributed by atoms with Crippen molar-refractivity contribution in [2.24, 2.45) is 0 Å². The van der Waals surface area contributed by atoms with Gasteiger partial charge in [0.2, 0.25) is 0 Å². The second-order valence-corrected chi connectivity index (χ2v) is 6.16. The second-order valence-electron chi connectivity index (χ2n) is 6.16. The van der Waals surface area contributed by atoms with E-state index < -0.39 is 0 Å². The summed E-state index contributed by atoms with van der Waals surface area (Å²) in [4.78, 5) is 26.5. The number of fused-ring (bicyclic) bond motifs is 1. The van der Waals surface area contributed by atoms with Gasteiger partial charge in [-0.2, -0.15) is 0 Å². The maximum absolute atomic E-state index is 12.7. The number of benzene rings is 1. The Morgan fingerprint density at radius 2 is 2.26 bits per heavy atom. The van der Waals surface area contributed by atoms with Crippen molar-refractivity contribution < 1.29 is 19.1 Å². The summed E-state index contributed by atoms with van der Waals surface area (Å²) in [5.41, 5.74) is 0.928. The number of likely N-dealkylation sites (tertiary alicyclic amines) is 1. The molecule has 1 aromatic carbocycles. The van der Waals surface area contributed by atoms with E-state index in [2.05, 4.69) is 5.32 Å². The number of amides is 2. The normalized spacial score (nSPS) is 20.7. The summed E-state index contributed by atoms with van der Waals surface area (Å²) in [7, 11) is 0. The van der Waals surface area contributed by atoms with Crippen LogP contribution in [0, 0.1) is 0 Å². The largest absolute Gasteiger partial charge is 0.491 e. The molecule has 2 aliphatic heterocycles. The molecule has 1 aromatic rings. The van der Waals surface area contributed by atoms with E-state index in [0.29, 0.717) is 43.1 Å². The highest BCUT2D eigenvalue weighted by atomic mass is 16.5. The average molecular weight is 318 g/mol. The Hall–Kier alpha value is -2.08. The molecule has 6 nitrogen and oxygen atoms in total. The third-order valence-corrected chi connectivity index (χ3v) is 4.01. The van der Waals surface area contributed by atoms with Crippen LogP contribution in [0.5, 0.6) is 5.75 Å². The zero-order valence-corrected chi connectivity index (χ0v) is 13.5. The third kappa shape index (κ3) is 3.47. The molecule has 0 aromatic heterocycles. The summed E-state index contributed by atoms with van der Waals surface area (Å²) in [5, 5.41) is 2.76. The van der Waals surface area contributed by atoms with Crippen molar-refractivity contribution in [2.45, 2.75) is 32.5 Å². The van der Waals surface area contributed by atoms with Crippen molar-refractivity contribution in [1.82, 2.24) is 10.2 Å². The number of nitrogens with one attached hydrogen (secondary N) is 1. The molecule has 2 heterocycles. The van der Waals surface area contributed by atoms with Gasteiger partial charge in [-0.15, -0.1) is 0 Å². The third-order valence-electron chi connectivity index (χ3n) is 4.01. The molecule has 2 amide bonds. The molecule has 0 spiro atoms. The summed E-state index contributed by atoms with van der Waals surface area (Å²) in [6, 6.07) is 5.04. The summed E-state index contributed by atoms with van der Waals surface area (Å²) < 4.78 is 11.3. The molecule has 3 rings (SSSR count). The van der Waals surface area contributed by atoms with Gasteiger partial charge in [-0.1, -0.05) is 0 Å². The molecular formula is C17H22N2O4. The lowest BCUT2D eigenvalue weighted by Gasteiger charge is -2.18. The lowest BCUT2D eigenvalue weighted by Crippen LogP contribution is -2.31. The SMILES string of the molecule is CC(C)O[C@@H]1CCN(C(=O)c2ccc3c(c2)C(=O)NCCO3)C1. The van der Waals surface area contributed by atoms with Gasteiger partial charge < -0.3 is 19.7 Å². The predicted octanol–water partition coefficient (Wildman–Crippen LogP) is 1.45. The number of carbonyl (C=O) groups excluding carboxylic acids is 2. The first-order valence-electron chi connectivity index (χ1n) is 8.04. The molecule has 0 bridgehead atoms. The minimum Gasteiger partial charge on any atom is -0.491 e. The van der Waals surface area contributed by atoms with Crippen molar-refractivity contribution in [2.75, 3.05) is 26.2 Å². The molecule has 0 unspecified atom stereocenters. The molecule has 1 fully saturated rings. The highest BCUT2D eigenvalue weighted by Gasteiger charge is 2.29. The van der Waals surface area contributed by atoms with Crippen LogP contribution >= 0.6 is 0 Å². The van der Waals surface area contributed by atoms with Crippen LogP contribution in [0.3, 0.4) is 0 Å². The molecule has 124 valence electrons. The van der Waals surface area contributed by atoms with Gasteiger partial charge in [0, 0.05) is 18.7 Å². The summed E-state index contributed by atoms with van der Waals surface area (Å²) >= 11 is 0. The van der Waals surface area contributed by atoms with E-state index >= 15 is 0 Å². The molecule has 1 atom stereocenters. The topological polar surface area (TPSA) is 67.9 Å². The van der Waals surface area contributed by atoms with E-state index in [1.54, 1.807) is 23.1 Å². The van der Waals surface area contributed by atoms with Crippen molar-refractivity contribution in [1.29, 1.82) is 0 Å². The second kappa shape index (κ2) is 6.58. The van der Waals surface area contributed by atoms with Crippen molar-refractivity contribution in [3.63, 3.8) is 0 Å². The van der Waals surface area contributed by atoms with Crippen LogP contribution < -0.4 is 10.1 Å². The Kier molecular flexibility index (Phi) is 4.52. The van der Waals surface area contributed by atoms with E-state index in [4.69, 9.17) is 9.47 Å². The highest BCUT2D eigenvalue weighted by molar-refractivity contribution is 6.01. The standard InChI is InChI=1S/C17H22N2O4/c1-11(2)23-13-5-7-19(10-13)17(21)12-3-4-15-14(9-12)16(20)18-6-8-22-15/h3-4,9,11,13H,5-8,10H2,1-2H3,(H,18,20)/t13-/m1/s1. The monoisotopic (exact) mass is 318 g/mol. The first-order valence-corrected chi connectivity index (χ1v) is 8.04. The number of carbonyl (C=O) groups is 2. The fraction of sp³-hybridized carbons (Fsp3) is 0.529. The fourth-order valence-corrected chi connectivity index (χ4v) is 2.98. The van der Waals surface area contributed by atoms with Crippen LogP contribution in [0.2, 0.25) is 0 Å². The first-order chi connectivity index (χ1) is 11.0. The number of rotatable bonds is 3. The Morgan fingerprint density at radius 3 is 3.04 bits per heavy atom. The van der Waals surface area contributed by atoms with Gasteiger partial charge in [-0.25, -0.2) is 0 Å². The quantitative estimate of drug-likeness (QED) is 0.916. The molecule has 0 radical (unpaired) electrons. The zero-order valence-electron chi connectivity index (χ0n) is 13.5. The zero-order chi connectivity index (χ0) is 16.4. The van der Waals surface area contributed by atoms with E-state index in [1.807, 2.05) is 13.8 Å². The molecule has 1 N–H and O–H groups in total. The Labute approximate surface area is 135 Å². The van der Waals surface area contributed by atoms with E-state index in [9.17, 15) is 9.59 Å². The lowest BCUT2D eigenvalue weighted by atomic mass is 10.1. The lowest BCUT2D eigenvalue weighted by molar-refractivity contribution is 0.0139. The van der Waals surface area contributed by atoms with Gasteiger partial charge in [0.15, 0.2) is 0 Å².